The number of methoxy groups -OCH3 is 1. The molecule has 29 heavy (non-hydrogen) atoms. The smallest absolute Gasteiger partial charge is 0.270 e. The Balaban J connectivity index is 1.99. The molecular formula is C21H15FN2O4S. The summed E-state index contributed by atoms with van der Waals surface area (Å²) >= 11 is 5.06. The van der Waals surface area contributed by atoms with Gasteiger partial charge in [0, 0.05) is 0 Å². The number of hydrogen-bond donors (Lipinski definition) is 1. The highest BCUT2D eigenvalue weighted by atomic mass is 32.1. The summed E-state index contributed by atoms with van der Waals surface area (Å²) in [5.74, 6) is 1.08. The molecule has 2 aromatic rings. The minimum Gasteiger partial charge on any atom is -0.493 e. The quantitative estimate of drug-likeness (QED) is 0.355. The van der Waals surface area contributed by atoms with Crippen molar-refractivity contribution in [2.75, 3.05) is 18.6 Å². The Morgan fingerprint density at radius 2 is 2.00 bits per heavy atom. The SMILES string of the molecule is C#CCOc1ccc(/C=C2/C(=O)NC(=S)N(c3ccccc3F)C2=O)cc1OC. The number of carbonyl (C=O) groups excluding carboxylic acids is 2. The summed E-state index contributed by atoms with van der Waals surface area (Å²) in [5.41, 5.74) is 0.236. The predicted octanol–water partition coefficient (Wildman–Crippen LogP) is 2.68. The van der Waals surface area contributed by atoms with Crippen molar-refractivity contribution < 1.29 is 23.5 Å². The summed E-state index contributed by atoms with van der Waals surface area (Å²) in [6, 6.07) is 10.5. The molecule has 0 unspecified atom stereocenters. The Morgan fingerprint density at radius 1 is 1.24 bits per heavy atom. The van der Waals surface area contributed by atoms with Crippen molar-refractivity contribution >= 4 is 40.9 Å². The normalized spacial score (nSPS) is 15.1. The van der Waals surface area contributed by atoms with Gasteiger partial charge >= 0.3 is 0 Å². The highest BCUT2D eigenvalue weighted by Crippen LogP contribution is 2.30. The molecule has 146 valence electrons. The van der Waals surface area contributed by atoms with Crippen molar-refractivity contribution in [2.45, 2.75) is 0 Å². The first-order valence-corrected chi connectivity index (χ1v) is 8.77. The number of thiocarbonyl (C=S) groups is 1. The van der Waals surface area contributed by atoms with E-state index in [0.29, 0.717) is 17.1 Å². The highest BCUT2D eigenvalue weighted by molar-refractivity contribution is 7.80. The van der Waals surface area contributed by atoms with E-state index in [4.69, 9.17) is 28.1 Å². The van der Waals surface area contributed by atoms with Gasteiger partial charge in [-0.3, -0.25) is 14.9 Å². The molecule has 1 heterocycles. The van der Waals surface area contributed by atoms with Crippen LogP contribution in [0.1, 0.15) is 5.56 Å². The van der Waals surface area contributed by atoms with Crippen molar-refractivity contribution in [3.8, 4) is 23.8 Å². The molecule has 0 bridgehead atoms. The van der Waals surface area contributed by atoms with E-state index in [1.54, 1.807) is 24.3 Å². The molecular weight excluding hydrogens is 395 g/mol. The fraction of sp³-hybridized carbons (Fsp3) is 0.0952. The molecule has 6 nitrogen and oxygen atoms in total. The van der Waals surface area contributed by atoms with Gasteiger partial charge in [-0.2, -0.15) is 0 Å². The Labute approximate surface area is 171 Å². The summed E-state index contributed by atoms with van der Waals surface area (Å²) < 4.78 is 24.8. The van der Waals surface area contributed by atoms with Gasteiger partial charge in [0.2, 0.25) is 0 Å². The van der Waals surface area contributed by atoms with Gasteiger partial charge in [0.25, 0.3) is 11.8 Å². The minimum atomic E-state index is -0.740. The number of nitrogens with zero attached hydrogens (tertiary/aromatic N) is 1. The molecule has 1 fully saturated rings. The van der Waals surface area contributed by atoms with Crippen molar-refractivity contribution in [3.63, 3.8) is 0 Å². The molecule has 2 amide bonds. The van der Waals surface area contributed by atoms with Crippen LogP contribution in [0.15, 0.2) is 48.0 Å². The molecule has 0 saturated carbocycles. The van der Waals surface area contributed by atoms with Gasteiger partial charge < -0.3 is 9.47 Å². The standard InChI is InChI=1S/C21H15FN2O4S/c1-3-10-28-17-9-8-13(12-18(17)27-2)11-14-19(25)23-21(29)24(20(14)26)16-7-5-4-6-15(16)22/h1,4-9,11-12H,10H2,2H3,(H,23,25,29)/b14-11-. The van der Waals surface area contributed by atoms with Gasteiger partial charge in [-0.05, 0) is 48.1 Å². The Morgan fingerprint density at radius 3 is 2.69 bits per heavy atom. The maximum absolute atomic E-state index is 14.2. The number of benzene rings is 2. The molecule has 0 aliphatic carbocycles. The lowest BCUT2D eigenvalue weighted by Gasteiger charge is -2.29. The third kappa shape index (κ3) is 4.10. The molecule has 1 aliphatic rings. The molecule has 0 aromatic heterocycles. The molecule has 1 saturated heterocycles. The number of para-hydroxylation sites is 1. The number of ether oxygens (including phenoxy) is 2. The average molecular weight is 410 g/mol. The Kier molecular flexibility index (Phi) is 5.90. The summed E-state index contributed by atoms with van der Waals surface area (Å²) in [5, 5.41) is 2.21. The van der Waals surface area contributed by atoms with E-state index in [9.17, 15) is 14.0 Å². The number of rotatable bonds is 5. The molecule has 1 N–H and O–H groups in total. The third-order valence-electron chi connectivity index (χ3n) is 4.00. The first kappa shape index (κ1) is 20.0. The number of nitrogens with one attached hydrogen (secondary N) is 1. The monoisotopic (exact) mass is 410 g/mol. The average Bonchev–Trinajstić information content (AvgIpc) is 2.71. The lowest BCUT2D eigenvalue weighted by molar-refractivity contribution is -0.122. The van der Waals surface area contributed by atoms with E-state index in [1.165, 1.54) is 31.4 Å². The highest BCUT2D eigenvalue weighted by Gasteiger charge is 2.35. The van der Waals surface area contributed by atoms with E-state index < -0.39 is 17.6 Å². The van der Waals surface area contributed by atoms with Gasteiger partial charge in [-0.15, -0.1) is 6.42 Å². The molecule has 0 spiro atoms. The molecule has 1 aliphatic heterocycles. The van der Waals surface area contributed by atoms with Crippen LogP contribution in [-0.2, 0) is 9.59 Å². The largest absolute Gasteiger partial charge is 0.493 e. The van der Waals surface area contributed by atoms with Gasteiger partial charge in [0.15, 0.2) is 16.6 Å². The van der Waals surface area contributed by atoms with Crippen LogP contribution in [0.2, 0.25) is 0 Å². The maximum atomic E-state index is 14.2. The fourth-order valence-electron chi connectivity index (χ4n) is 2.69. The van der Waals surface area contributed by atoms with Crippen LogP contribution in [0.25, 0.3) is 6.08 Å². The molecule has 8 heteroatoms. The van der Waals surface area contributed by atoms with Crippen LogP contribution < -0.4 is 19.7 Å². The van der Waals surface area contributed by atoms with E-state index in [1.807, 2.05) is 0 Å². The number of terminal acetylenes is 1. The van der Waals surface area contributed by atoms with Crippen LogP contribution in [0.3, 0.4) is 0 Å². The van der Waals surface area contributed by atoms with Gasteiger partial charge in [-0.25, -0.2) is 9.29 Å². The van der Waals surface area contributed by atoms with Crippen LogP contribution >= 0.6 is 12.2 Å². The zero-order valence-corrected chi connectivity index (χ0v) is 16.1. The summed E-state index contributed by atoms with van der Waals surface area (Å²) in [6.45, 7) is 0.0622. The molecule has 0 radical (unpaired) electrons. The van der Waals surface area contributed by atoms with Crippen LogP contribution in [0.5, 0.6) is 11.5 Å². The number of carbonyl (C=O) groups is 2. The topological polar surface area (TPSA) is 67.9 Å². The van der Waals surface area contributed by atoms with E-state index >= 15 is 0 Å². The summed E-state index contributed by atoms with van der Waals surface area (Å²) in [6.07, 6.45) is 6.55. The van der Waals surface area contributed by atoms with Crippen molar-refractivity contribution in [3.05, 3.63) is 59.4 Å². The molecule has 3 rings (SSSR count). The molecule has 0 atom stereocenters. The maximum Gasteiger partial charge on any atom is 0.270 e. The summed E-state index contributed by atoms with van der Waals surface area (Å²) in [4.78, 5) is 26.2. The van der Waals surface area contributed by atoms with Crippen molar-refractivity contribution in [1.82, 2.24) is 5.32 Å². The second kappa shape index (κ2) is 8.54. The van der Waals surface area contributed by atoms with Gasteiger partial charge in [0.1, 0.15) is 18.0 Å². The zero-order valence-electron chi connectivity index (χ0n) is 15.3. The lowest BCUT2D eigenvalue weighted by Crippen LogP contribution is -2.54. The second-order valence-electron chi connectivity index (χ2n) is 5.81. The number of amides is 2. The van der Waals surface area contributed by atoms with Crippen LogP contribution in [0.4, 0.5) is 10.1 Å². The first-order valence-electron chi connectivity index (χ1n) is 8.36. The van der Waals surface area contributed by atoms with E-state index in [-0.39, 0.29) is 23.0 Å². The number of anilines is 1. The molecule has 2 aromatic carbocycles. The Bertz CT molecular complexity index is 1070. The van der Waals surface area contributed by atoms with Crippen LogP contribution in [-0.4, -0.2) is 30.6 Å². The lowest BCUT2D eigenvalue weighted by atomic mass is 10.1. The summed E-state index contributed by atoms with van der Waals surface area (Å²) in [7, 11) is 1.45. The zero-order chi connectivity index (χ0) is 21.0. The van der Waals surface area contributed by atoms with E-state index in [2.05, 4.69) is 11.2 Å². The fourth-order valence-corrected chi connectivity index (χ4v) is 2.96. The second-order valence-corrected chi connectivity index (χ2v) is 6.20. The third-order valence-corrected chi connectivity index (χ3v) is 4.29. The number of halogens is 1. The Hall–Kier alpha value is -3.70. The van der Waals surface area contributed by atoms with Gasteiger partial charge in [-0.1, -0.05) is 24.1 Å². The van der Waals surface area contributed by atoms with E-state index in [0.717, 1.165) is 4.90 Å². The predicted molar refractivity (Wildman–Crippen MR) is 110 cm³/mol. The van der Waals surface area contributed by atoms with Crippen molar-refractivity contribution in [1.29, 1.82) is 0 Å². The van der Waals surface area contributed by atoms with Crippen molar-refractivity contribution in [2.24, 2.45) is 0 Å². The number of hydrogen-bond acceptors (Lipinski definition) is 5. The first-order chi connectivity index (χ1) is 14.0. The minimum absolute atomic E-state index is 0.0518. The van der Waals surface area contributed by atoms with Crippen LogP contribution in [0, 0.1) is 18.2 Å². The van der Waals surface area contributed by atoms with Gasteiger partial charge in [0.05, 0.1) is 12.8 Å².